The van der Waals surface area contributed by atoms with Gasteiger partial charge in [-0.15, -0.1) is 0 Å². The second-order valence-corrected chi connectivity index (χ2v) is 6.93. The largest absolute Gasteiger partial charge is 0.489 e. The molecule has 0 spiro atoms. The Bertz CT molecular complexity index is 840. The van der Waals surface area contributed by atoms with E-state index in [0.29, 0.717) is 6.61 Å². The Kier molecular flexibility index (Phi) is 8.05. The predicted molar refractivity (Wildman–Crippen MR) is 115 cm³/mol. The van der Waals surface area contributed by atoms with Crippen molar-refractivity contribution in [2.45, 2.75) is 54.1 Å². The Balaban J connectivity index is 0.00000126. The number of nitrogens with zero attached hydrogens (tertiary/aromatic N) is 1. The summed E-state index contributed by atoms with van der Waals surface area (Å²) in [6, 6.07) is 10.6. The van der Waals surface area contributed by atoms with Crippen molar-refractivity contribution in [2.75, 3.05) is 6.54 Å². The highest BCUT2D eigenvalue weighted by Crippen LogP contribution is 2.40. The molecule has 1 saturated carbocycles. The summed E-state index contributed by atoms with van der Waals surface area (Å²) in [5, 5.41) is 2.18. The molecule has 3 rings (SSSR count). The molecule has 3 heteroatoms. The zero-order chi connectivity index (χ0) is 19.8. The van der Waals surface area contributed by atoms with Crippen molar-refractivity contribution >= 4 is 12.2 Å². The molecule has 2 N–H and O–H groups in total. The Hall–Kier alpha value is -2.13. The topological polar surface area (TPSA) is 48.1 Å². The van der Waals surface area contributed by atoms with E-state index in [0.717, 1.165) is 46.8 Å². The van der Waals surface area contributed by atoms with Crippen LogP contribution >= 0.6 is 0 Å². The Morgan fingerprint density at radius 2 is 1.81 bits per heavy atom. The Morgan fingerprint density at radius 1 is 1.11 bits per heavy atom. The first kappa shape index (κ1) is 21.2. The summed E-state index contributed by atoms with van der Waals surface area (Å²) in [7, 11) is 0. The van der Waals surface area contributed by atoms with Crippen molar-refractivity contribution in [3.63, 3.8) is 0 Å². The zero-order valence-electron chi connectivity index (χ0n) is 17.5. The maximum atomic E-state index is 6.03. The van der Waals surface area contributed by atoms with Crippen molar-refractivity contribution in [1.29, 1.82) is 0 Å². The van der Waals surface area contributed by atoms with Gasteiger partial charge in [-0.3, -0.25) is 4.98 Å². The van der Waals surface area contributed by atoms with Crippen LogP contribution in [0.25, 0.3) is 12.2 Å². The molecule has 1 heterocycles. The Labute approximate surface area is 164 Å². The minimum Gasteiger partial charge on any atom is -0.489 e. The van der Waals surface area contributed by atoms with Gasteiger partial charge in [-0.1, -0.05) is 38.1 Å². The Morgan fingerprint density at radius 3 is 2.37 bits per heavy atom. The molecule has 2 atom stereocenters. The van der Waals surface area contributed by atoms with Gasteiger partial charge in [0.1, 0.15) is 12.4 Å². The number of rotatable bonds is 6. The third-order valence-electron chi connectivity index (χ3n) is 5.05. The minimum atomic E-state index is 0.557. The summed E-state index contributed by atoms with van der Waals surface area (Å²) in [6.45, 7) is 11.5. The maximum Gasteiger partial charge on any atom is 0.119 e. The van der Waals surface area contributed by atoms with E-state index in [9.17, 15) is 0 Å². The van der Waals surface area contributed by atoms with Crippen molar-refractivity contribution in [3.05, 3.63) is 57.7 Å². The number of aromatic nitrogens is 1. The molecule has 1 aromatic carbocycles. The molecule has 2 unspecified atom stereocenters. The lowest BCUT2D eigenvalue weighted by Crippen LogP contribution is -2.32. The van der Waals surface area contributed by atoms with Crippen LogP contribution in [0, 0.1) is 18.8 Å². The van der Waals surface area contributed by atoms with E-state index in [1.807, 2.05) is 40.7 Å². The number of benzene rings is 1. The molecule has 3 nitrogen and oxygen atoms in total. The molecular formula is C24H34N2O. The van der Waals surface area contributed by atoms with E-state index in [1.54, 1.807) is 0 Å². The van der Waals surface area contributed by atoms with Gasteiger partial charge in [-0.2, -0.15) is 0 Å². The van der Waals surface area contributed by atoms with Crippen molar-refractivity contribution in [2.24, 2.45) is 17.6 Å². The summed E-state index contributed by atoms with van der Waals surface area (Å²) in [6.07, 6.45) is 6.57. The molecule has 27 heavy (non-hydrogen) atoms. The molecule has 1 aliphatic rings. The van der Waals surface area contributed by atoms with Gasteiger partial charge >= 0.3 is 0 Å². The molecule has 1 aliphatic carbocycles. The number of pyridine rings is 1. The second-order valence-electron chi connectivity index (χ2n) is 6.93. The van der Waals surface area contributed by atoms with Gasteiger partial charge in [-0.05, 0) is 75.8 Å². The maximum absolute atomic E-state index is 6.03. The van der Waals surface area contributed by atoms with Crippen molar-refractivity contribution in [3.8, 4) is 5.75 Å². The van der Waals surface area contributed by atoms with Crippen LogP contribution in [0.3, 0.4) is 0 Å². The molecule has 1 fully saturated rings. The van der Waals surface area contributed by atoms with Gasteiger partial charge in [0.05, 0.1) is 5.35 Å². The fourth-order valence-electron chi connectivity index (χ4n) is 3.48. The van der Waals surface area contributed by atoms with Gasteiger partial charge in [0, 0.05) is 16.5 Å². The lowest BCUT2D eigenvalue weighted by Gasteiger charge is -2.09. The fraction of sp³-hybridized carbons (Fsp3) is 0.458. The monoisotopic (exact) mass is 366 g/mol. The van der Waals surface area contributed by atoms with Crippen LogP contribution in [0.15, 0.2) is 30.3 Å². The van der Waals surface area contributed by atoms with E-state index in [4.69, 9.17) is 10.5 Å². The number of hydrogen-bond donors (Lipinski definition) is 1. The summed E-state index contributed by atoms with van der Waals surface area (Å²) >= 11 is 0. The first-order valence-corrected chi connectivity index (χ1v) is 10.2. The zero-order valence-corrected chi connectivity index (χ0v) is 17.5. The highest BCUT2D eigenvalue weighted by atomic mass is 16.5. The average Bonchev–Trinajstić information content (AvgIpc) is 3.46. The number of ether oxygens (including phenoxy) is 1. The van der Waals surface area contributed by atoms with Gasteiger partial charge in [0.25, 0.3) is 0 Å². The quantitative estimate of drug-likeness (QED) is 0.847. The molecule has 2 aromatic rings. The lowest BCUT2D eigenvalue weighted by molar-refractivity contribution is 0.304. The summed E-state index contributed by atoms with van der Waals surface area (Å²) < 4.78 is 6.03. The predicted octanol–water partition coefficient (Wildman–Crippen LogP) is 3.73. The van der Waals surface area contributed by atoms with Crippen LogP contribution in [0.5, 0.6) is 5.75 Å². The van der Waals surface area contributed by atoms with Crippen LogP contribution in [0.2, 0.25) is 0 Å². The molecule has 0 saturated heterocycles. The van der Waals surface area contributed by atoms with Crippen LogP contribution in [-0.4, -0.2) is 11.5 Å². The molecule has 0 amide bonds. The second kappa shape index (κ2) is 10.3. The number of aryl methyl sites for hydroxylation is 1. The van der Waals surface area contributed by atoms with E-state index < -0.39 is 0 Å². The van der Waals surface area contributed by atoms with E-state index >= 15 is 0 Å². The first-order chi connectivity index (χ1) is 13.1. The number of hydrogen-bond acceptors (Lipinski definition) is 3. The van der Waals surface area contributed by atoms with Gasteiger partial charge in [-0.25, -0.2) is 0 Å². The van der Waals surface area contributed by atoms with Gasteiger partial charge < -0.3 is 10.5 Å². The van der Waals surface area contributed by atoms with E-state index in [-0.39, 0.29) is 0 Å². The van der Waals surface area contributed by atoms with Crippen LogP contribution in [0.4, 0.5) is 0 Å². The molecular weight excluding hydrogens is 332 g/mol. The highest BCUT2D eigenvalue weighted by Gasteiger charge is 2.35. The molecule has 146 valence electrons. The summed E-state index contributed by atoms with van der Waals surface area (Å²) in [5.41, 5.74) is 9.29. The summed E-state index contributed by atoms with van der Waals surface area (Å²) in [4.78, 5) is 4.58. The standard InChI is InChI=1S/C22H28N2O.C2H6/c1-4-21-19(10-15(3)24-22(21)5-2)14-25-20-8-6-16(7-9-20)11-17-12-18(17)13-23;1-2/h4-10,17-18H,11-14,23H2,1-3H3;1-2H3/b21-4-,22-5+;. The van der Waals surface area contributed by atoms with Gasteiger partial charge in [0.2, 0.25) is 0 Å². The third kappa shape index (κ3) is 5.67. The van der Waals surface area contributed by atoms with E-state index in [2.05, 4.69) is 41.4 Å². The first-order valence-electron chi connectivity index (χ1n) is 10.2. The molecule has 0 aliphatic heterocycles. The molecule has 1 aromatic heterocycles. The van der Waals surface area contributed by atoms with Crippen LogP contribution < -0.4 is 21.0 Å². The highest BCUT2D eigenvalue weighted by molar-refractivity contribution is 5.33. The molecule has 0 radical (unpaired) electrons. The van der Waals surface area contributed by atoms with Crippen LogP contribution in [0.1, 0.15) is 50.9 Å². The van der Waals surface area contributed by atoms with Crippen molar-refractivity contribution in [1.82, 2.24) is 4.98 Å². The summed E-state index contributed by atoms with van der Waals surface area (Å²) in [5.74, 6) is 2.43. The van der Waals surface area contributed by atoms with Crippen molar-refractivity contribution < 1.29 is 4.74 Å². The molecule has 0 bridgehead atoms. The minimum absolute atomic E-state index is 0.557. The normalized spacial score (nSPS) is 19.5. The average molecular weight is 367 g/mol. The van der Waals surface area contributed by atoms with Crippen LogP contribution in [-0.2, 0) is 13.0 Å². The SMILES string of the molecule is C/C=c1/c(COc2ccc(CC3CC3CN)cc2)cc(C)n/c1=C/C.CC. The van der Waals surface area contributed by atoms with E-state index in [1.165, 1.54) is 17.5 Å². The smallest absolute Gasteiger partial charge is 0.119 e. The fourth-order valence-corrected chi connectivity index (χ4v) is 3.48. The lowest BCUT2D eigenvalue weighted by atomic mass is 10.1. The number of nitrogens with two attached hydrogens (primary N) is 1. The third-order valence-corrected chi connectivity index (χ3v) is 5.05. The van der Waals surface area contributed by atoms with Gasteiger partial charge in [0.15, 0.2) is 0 Å².